The van der Waals surface area contributed by atoms with Crippen LogP contribution in [0.4, 0.5) is 0 Å². The molecule has 1 saturated carbocycles. The molecule has 0 unspecified atom stereocenters. The van der Waals surface area contributed by atoms with Gasteiger partial charge >= 0.3 is 0 Å². The molecule has 2 nitrogen and oxygen atoms in total. The number of nitrogens with one attached hydrogen (secondary N) is 1. The van der Waals surface area contributed by atoms with E-state index in [0.29, 0.717) is 5.54 Å². The molecule has 1 spiro atoms. The largest absolute Gasteiger partial charge is 0.359 e. The van der Waals surface area contributed by atoms with Crippen molar-refractivity contribution in [1.82, 2.24) is 5.32 Å². The highest BCUT2D eigenvalue weighted by Crippen LogP contribution is 2.36. The van der Waals surface area contributed by atoms with Crippen LogP contribution in [0.15, 0.2) is 4.99 Å². The molecule has 0 bridgehead atoms. The first-order valence-electron chi connectivity index (χ1n) is 6.29. The van der Waals surface area contributed by atoms with Gasteiger partial charge in [-0.2, -0.15) is 11.8 Å². The minimum Gasteiger partial charge on any atom is -0.359 e. The van der Waals surface area contributed by atoms with Gasteiger partial charge in [-0.15, -0.1) is 0 Å². The van der Waals surface area contributed by atoms with Gasteiger partial charge in [0.05, 0.1) is 0 Å². The number of hydrogen-bond acceptors (Lipinski definition) is 3. The lowest BCUT2D eigenvalue weighted by atomic mass is 9.83. The van der Waals surface area contributed by atoms with Crippen LogP contribution in [-0.4, -0.2) is 35.0 Å². The van der Waals surface area contributed by atoms with Crippen molar-refractivity contribution >= 4 is 28.7 Å². The monoisotopic (exact) mass is 258 g/mol. The van der Waals surface area contributed by atoms with Gasteiger partial charge in [-0.3, -0.25) is 4.99 Å². The Bertz CT molecular complexity index is 247. The third kappa shape index (κ3) is 3.33. The number of aliphatic imine (C=N–C) groups is 1. The average molecular weight is 258 g/mol. The highest BCUT2D eigenvalue weighted by atomic mass is 32.2. The van der Waals surface area contributed by atoms with E-state index in [1.165, 1.54) is 55.2 Å². The molecule has 2 aliphatic rings. The first-order chi connectivity index (χ1) is 7.85. The SMILES string of the molecule is CSCCCN=C1NC2(CCCCC2)CS1. The van der Waals surface area contributed by atoms with Crippen molar-refractivity contribution in [3.8, 4) is 0 Å². The van der Waals surface area contributed by atoms with Gasteiger partial charge < -0.3 is 5.32 Å². The second-order valence-electron chi connectivity index (χ2n) is 4.79. The number of hydrogen-bond donors (Lipinski definition) is 1. The fourth-order valence-electron chi connectivity index (χ4n) is 2.48. The molecule has 0 atom stereocenters. The molecular weight excluding hydrogens is 236 g/mol. The Morgan fingerprint density at radius 2 is 2.19 bits per heavy atom. The quantitative estimate of drug-likeness (QED) is 0.784. The van der Waals surface area contributed by atoms with E-state index in [2.05, 4.69) is 16.6 Å². The molecule has 2 fully saturated rings. The topological polar surface area (TPSA) is 24.4 Å². The Labute approximate surface area is 107 Å². The van der Waals surface area contributed by atoms with Crippen molar-refractivity contribution in [2.75, 3.05) is 24.3 Å². The van der Waals surface area contributed by atoms with Gasteiger partial charge in [0.15, 0.2) is 5.17 Å². The Hall–Kier alpha value is 0.170. The van der Waals surface area contributed by atoms with E-state index in [1.807, 2.05) is 23.5 Å². The molecule has 0 aromatic carbocycles. The van der Waals surface area contributed by atoms with Gasteiger partial charge in [0, 0.05) is 17.8 Å². The van der Waals surface area contributed by atoms with Crippen LogP contribution in [-0.2, 0) is 0 Å². The van der Waals surface area contributed by atoms with E-state index in [4.69, 9.17) is 0 Å². The number of rotatable bonds is 4. The van der Waals surface area contributed by atoms with E-state index in [1.54, 1.807) is 0 Å². The lowest BCUT2D eigenvalue weighted by Gasteiger charge is -2.32. The third-order valence-electron chi connectivity index (χ3n) is 3.43. The molecule has 2 rings (SSSR count). The minimum atomic E-state index is 0.418. The highest BCUT2D eigenvalue weighted by molar-refractivity contribution is 8.14. The molecule has 1 aliphatic carbocycles. The smallest absolute Gasteiger partial charge is 0.157 e. The second-order valence-corrected chi connectivity index (χ2v) is 6.74. The molecule has 1 heterocycles. The maximum absolute atomic E-state index is 4.67. The van der Waals surface area contributed by atoms with Gasteiger partial charge in [-0.25, -0.2) is 0 Å². The van der Waals surface area contributed by atoms with Gasteiger partial charge in [0.2, 0.25) is 0 Å². The summed E-state index contributed by atoms with van der Waals surface area (Å²) in [5.41, 5.74) is 0.418. The van der Waals surface area contributed by atoms with Crippen LogP contribution in [0.5, 0.6) is 0 Å². The summed E-state index contributed by atoms with van der Waals surface area (Å²) < 4.78 is 0. The van der Waals surface area contributed by atoms with Crippen LogP contribution in [0, 0.1) is 0 Å². The molecule has 0 aromatic heterocycles. The molecule has 4 heteroatoms. The third-order valence-corrected chi connectivity index (χ3v) is 5.33. The molecular formula is C12H22N2S2. The Balaban J connectivity index is 1.77. The molecule has 1 aliphatic heterocycles. The zero-order valence-corrected chi connectivity index (χ0v) is 11.8. The number of thioether (sulfide) groups is 2. The number of nitrogens with zero attached hydrogens (tertiary/aromatic N) is 1. The van der Waals surface area contributed by atoms with Crippen LogP contribution < -0.4 is 5.32 Å². The van der Waals surface area contributed by atoms with Crippen LogP contribution >= 0.6 is 23.5 Å². The predicted molar refractivity (Wildman–Crippen MR) is 76.7 cm³/mol. The summed E-state index contributed by atoms with van der Waals surface area (Å²) in [6.45, 7) is 0.992. The fourth-order valence-corrected chi connectivity index (χ4v) is 4.14. The summed E-state index contributed by atoms with van der Waals surface area (Å²) in [6, 6.07) is 0. The maximum Gasteiger partial charge on any atom is 0.157 e. The Morgan fingerprint density at radius 1 is 1.38 bits per heavy atom. The van der Waals surface area contributed by atoms with Crippen LogP contribution in [0.1, 0.15) is 38.5 Å². The van der Waals surface area contributed by atoms with Crippen molar-refractivity contribution in [2.45, 2.75) is 44.1 Å². The molecule has 92 valence electrons. The van der Waals surface area contributed by atoms with E-state index in [0.717, 1.165) is 6.54 Å². The van der Waals surface area contributed by atoms with Crippen LogP contribution in [0.3, 0.4) is 0 Å². The first-order valence-corrected chi connectivity index (χ1v) is 8.67. The van der Waals surface area contributed by atoms with E-state index >= 15 is 0 Å². The van der Waals surface area contributed by atoms with Gasteiger partial charge in [-0.1, -0.05) is 31.0 Å². The van der Waals surface area contributed by atoms with Gasteiger partial charge in [-0.05, 0) is 31.3 Å². The van der Waals surface area contributed by atoms with E-state index < -0.39 is 0 Å². The van der Waals surface area contributed by atoms with E-state index in [-0.39, 0.29) is 0 Å². The zero-order chi connectivity index (χ0) is 11.3. The molecule has 16 heavy (non-hydrogen) atoms. The van der Waals surface area contributed by atoms with Crippen molar-refractivity contribution < 1.29 is 0 Å². The molecule has 0 radical (unpaired) electrons. The zero-order valence-electron chi connectivity index (χ0n) is 10.1. The Kier molecular flexibility index (Phi) is 4.89. The lowest BCUT2D eigenvalue weighted by Crippen LogP contribution is -2.45. The van der Waals surface area contributed by atoms with E-state index in [9.17, 15) is 0 Å². The molecule has 0 aromatic rings. The summed E-state index contributed by atoms with van der Waals surface area (Å²) in [5, 5.41) is 4.90. The summed E-state index contributed by atoms with van der Waals surface area (Å²) in [5.74, 6) is 2.47. The van der Waals surface area contributed by atoms with Crippen molar-refractivity contribution in [3.63, 3.8) is 0 Å². The Morgan fingerprint density at radius 3 is 2.94 bits per heavy atom. The van der Waals surface area contributed by atoms with Gasteiger partial charge in [0.25, 0.3) is 0 Å². The standard InChI is InChI=1S/C12H22N2S2/c1-15-9-5-8-13-11-14-12(10-16-11)6-3-2-4-7-12/h2-10H2,1H3,(H,13,14). The second kappa shape index (κ2) is 6.20. The normalized spacial score (nSPS) is 26.2. The highest BCUT2D eigenvalue weighted by Gasteiger charge is 2.37. The predicted octanol–water partition coefficient (Wildman–Crippen LogP) is 3.13. The van der Waals surface area contributed by atoms with Crippen LogP contribution in [0.2, 0.25) is 0 Å². The van der Waals surface area contributed by atoms with Crippen molar-refractivity contribution in [3.05, 3.63) is 0 Å². The van der Waals surface area contributed by atoms with Crippen molar-refractivity contribution in [1.29, 1.82) is 0 Å². The lowest BCUT2D eigenvalue weighted by molar-refractivity contribution is 0.303. The first kappa shape index (κ1) is 12.6. The van der Waals surface area contributed by atoms with Crippen molar-refractivity contribution in [2.24, 2.45) is 4.99 Å². The average Bonchev–Trinajstić information content (AvgIpc) is 2.69. The fraction of sp³-hybridized carbons (Fsp3) is 0.917. The maximum atomic E-state index is 4.67. The summed E-state index contributed by atoms with van der Waals surface area (Å²) in [4.78, 5) is 4.67. The van der Waals surface area contributed by atoms with Crippen LogP contribution in [0.25, 0.3) is 0 Å². The summed E-state index contributed by atoms with van der Waals surface area (Å²) in [7, 11) is 0. The molecule has 0 amide bonds. The molecule has 1 saturated heterocycles. The molecule has 1 N–H and O–H groups in total. The summed E-state index contributed by atoms with van der Waals surface area (Å²) in [6.07, 6.45) is 10.3. The summed E-state index contributed by atoms with van der Waals surface area (Å²) >= 11 is 3.85. The minimum absolute atomic E-state index is 0.418. The van der Waals surface area contributed by atoms with Gasteiger partial charge in [0.1, 0.15) is 0 Å². The number of amidine groups is 1.